The van der Waals surface area contributed by atoms with E-state index in [1.165, 1.54) is 27.6 Å². The van der Waals surface area contributed by atoms with Crippen molar-refractivity contribution < 1.29 is 17.6 Å². The van der Waals surface area contributed by atoms with Crippen molar-refractivity contribution in [3.63, 3.8) is 0 Å². The minimum absolute atomic E-state index is 0.0500. The molecule has 37 heavy (non-hydrogen) atoms. The van der Waals surface area contributed by atoms with E-state index in [4.69, 9.17) is 5.73 Å². The summed E-state index contributed by atoms with van der Waals surface area (Å²) >= 11 is 0. The Morgan fingerprint density at radius 3 is 2.57 bits per heavy atom. The van der Waals surface area contributed by atoms with Crippen molar-refractivity contribution in [2.45, 2.75) is 30.6 Å². The third kappa shape index (κ3) is 4.19. The van der Waals surface area contributed by atoms with Crippen molar-refractivity contribution in [1.29, 1.82) is 0 Å². The molecular formula is C25H24F4N8. The smallest absolute Gasteiger partial charge is 0.326 e. The molecule has 2 N–H and O–H groups in total. The molecule has 2 aliphatic rings. The molecule has 1 saturated heterocycles. The van der Waals surface area contributed by atoms with E-state index in [1.54, 1.807) is 35.5 Å². The van der Waals surface area contributed by atoms with Crippen molar-refractivity contribution in [2.75, 3.05) is 26.7 Å². The van der Waals surface area contributed by atoms with Gasteiger partial charge in [0.1, 0.15) is 17.3 Å². The zero-order valence-electron chi connectivity index (χ0n) is 19.9. The van der Waals surface area contributed by atoms with Gasteiger partial charge in [-0.15, -0.1) is 10.2 Å². The van der Waals surface area contributed by atoms with Gasteiger partial charge in [0.25, 0.3) is 0 Å². The van der Waals surface area contributed by atoms with Gasteiger partial charge in [0.15, 0.2) is 17.3 Å². The van der Waals surface area contributed by atoms with E-state index < -0.39 is 18.0 Å². The fourth-order valence-corrected chi connectivity index (χ4v) is 5.23. The lowest BCUT2D eigenvalue weighted by molar-refractivity contribution is -0.183. The summed E-state index contributed by atoms with van der Waals surface area (Å²) in [5.74, 6) is -0.428. The average Bonchev–Trinajstić information content (AvgIpc) is 3.58. The fraction of sp³-hybridized carbons (Fsp3) is 0.360. The Hall–Kier alpha value is -3.64. The van der Waals surface area contributed by atoms with Crippen LogP contribution in [0.2, 0.25) is 0 Å². The van der Waals surface area contributed by atoms with Crippen LogP contribution < -0.4 is 5.73 Å². The third-order valence-corrected chi connectivity index (χ3v) is 7.04. The van der Waals surface area contributed by atoms with Gasteiger partial charge in [0.05, 0.1) is 0 Å². The molecule has 0 radical (unpaired) electrons. The Labute approximate surface area is 209 Å². The maximum atomic E-state index is 15.6. The molecule has 12 heteroatoms. The number of likely N-dealkylation sites (N-methyl/N-ethyl adjacent to an activating group) is 1. The molecule has 0 saturated carbocycles. The van der Waals surface area contributed by atoms with Gasteiger partial charge in [-0.05, 0) is 24.1 Å². The second-order valence-corrected chi connectivity index (χ2v) is 9.65. The van der Waals surface area contributed by atoms with Crippen LogP contribution in [0.25, 0.3) is 28.1 Å². The van der Waals surface area contributed by atoms with E-state index in [0.29, 0.717) is 35.3 Å². The number of nitrogens with zero attached hydrogens (tertiary/aromatic N) is 7. The molecule has 3 atom stereocenters. The maximum Gasteiger partial charge on any atom is 0.408 e. The fourth-order valence-electron chi connectivity index (χ4n) is 5.23. The highest BCUT2D eigenvalue weighted by atomic mass is 19.4. The highest BCUT2D eigenvalue weighted by Gasteiger charge is 2.46. The first kappa shape index (κ1) is 23.7. The zero-order valence-corrected chi connectivity index (χ0v) is 19.9. The maximum absolute atomic E-state index is 15.6. The number of likely N-dealkylation sites (tertiary alicyclic amines) is 1. The number of hydrogen-bond acceptors (Lipinski definition) is 7. The topological polar surface area (TPSA) is 87.9 Å². The predicted octanol–water partition coefficient (Wildman–Crippen LogP) is 3.73. The van der Waals surface area contributed by atoms with Crippen LogP contribution in [0.1, 0.15) is 29.5 Å². The SMILES string of the molecule is CN1CC(c2ccc3ccc(-c4nnc5ccc([C@@H](N6CC[C@H](N)C6)C(F)(F)F)cn45)nc3c2F)C=N1. The summed E-state index contributed by atoms with van der Waals surface area (Å²) in [5.41, 5.74) is 7.24. The van der Waals surface area contributed by atoms with E-state index in [1.807, 2.05) is 7.05 Å². The molecule has 0 spiro atoms. The predicted molar refractivity (Wildman–Crippen MR) is 131 cm³/mol. The van der Waals surface area contributed by atoms with Crippen molar-refractivity contribution in [1.82, 2.24) is 29.5 Å². The number of hydrazone groups is 1. The Kier molecular flexibility index (Phi) is 5.60. The van der Waals surface area contributed by atoms with Crippen molar-refractivity contribution in [3.8, 4) is 11.5 Å². The monoisotopic (exact) mass is 512 g/mol. The van der Waals surface area contributed by atoms with E-state index in [0.717, 1.165) is 0 Å². The van der Waals surface area contributed by atoms with Crippen molar-refractivity contribution >= 4 is 22.8 Å². The van der Waals surface area contributed by atoms with Gasteiger partial charge >= 0.3 is 6.18 Å². The second-order valence-electron chi connectivity index (χ2n) is 9.65. The molecule has 1 aromatic carbocycles. The normalized spacial score (nSPS) is 21.5. The van der Waals surface area contributed by atoms with E-state index >= 15 is 4.39 Å². The van der Waals surface area contributed by atoms with Crippen molar-refractivity contribution in [2.24, 2.45) is 10.8 Å². The molecule has 8 nitrogen and oxygen atoms in total. The van der Waals surface area contributed by atoms with Crippen LogP contribution in [-0.2, 0) is 0 Å². The molecule has 2 aliphatic heterocycles. The summed E-state index contributed by atoms with van der Waals surface area (Å²) < 4.78 is 59.5. The minimum atomic E-state index is -4.50. The van der Waals surface area contributed by atoms with Gasteiger partial charge in [0, 0.05) is 62.0 Å². The first-order valence-electron chi connectivity index (χ1n) is 11.9. The quantitative estimate of drug-likeness (QED) is 0.420. The molecule has 0 aliphatic carbocycles. The molecule has 192 valence electrons. The zero-order chi connectivity index (χ0) is 25.9. The van der Waals surface area contributed by atoms with Gasteiger partial charge in [-0.25, -0.2) is 9.37 Å². The number of halogens is 4. The lowest BCUT2D eigenvalue weighted by Crippen LogP contribution is -2.38. The Balaban J connectivity index is 1.43. The highest BCUT2D eigenvalue weighted by Crippen LogP contribution is 2.39. The first-order chi connectivity index (χ1) is 17.7. The molecule has 0 amide bonds. The number of aromatic nitrogens is 4. The number of fused-ring (bicyclic) bond motifs is 2. The standard InChI is InChI=1S/C25H24F4N8/c1-35-11-16(10-31-35)18-5-2-14-3-6-19(32-22(14)21(18)26)24-34-33-20-7-4-15(12-37(20)24)23(25(27,28)29)36-9-8-17(30)13-36/h2-7,10,12,16-17,23H,8-9,11,13,30H2,1H3/t16?,17-,23+/m0/s1. The molecule has 3 aromatic heterocycles. The van der Waals surface area contributed by atoms with Gasteiger partial charge in [-0.2, -0.15) is 18.3 Å². The number of nitrogens with two attached hydrogens (primary N) is 1. The number of benzene rings is 1. The van der Waals surface area contributed by atoms with Gasteiger partial charge in [0.2, 0.25) is 0 Å². The van der Waals surface area contributed by atoms with Gasteiger partial charge < -0.3 is 5.73 Å². The average molecular weight is 513 g/mol. The van der Waals surface area contributed by atoms with Crippen molar-refractivity contribution in [3.05, 3.63) is 59.5 Å². The van der Waals surface area contributed by atoms with Crippen LogP contribution in [0.4, 0.5) is 17.6 Å². The molecule has 1 unspecified atom stereocenters. The lowest BCUT2D eigenvalue weighted by atomic mass is 9.98. The summed E-state index contributed by atoms with van der Waals surface area (Å²) in [4.78, 5) is 5.88. The van der Waals surface area contributed by atoms with E-state index in [9.17, 15) is 13.2 Å². The Morgan fingerprint density at radius 1 is 1.05 bits per heavy atom. The van der Waals surface area contributed by atoms with Crippen LogP contribution in [0, 0.1) is 5.82 Å². The van der Waals surface area contributed by atoms with Crippen LogP contribution >= 0.6 is 0 Å². The minimum Gasteiger partial charge on any atom is -0.326 e. The number of alkyl halides is 3. The molecule has 6 rings (SSSR count). The molecule has 5 heterocycles. The van der Waals surface area contributed by atoms with Crippen LogP contribution in [-0.4, -0.2) is 74.6 Å². The third-order valence-electron chi connectivity index (χ3n) is 7.04. The first-order valence-corrected chi connectivity index (χ1v) is 11.9. The summed E-state index contributed by atoms with van der Waals surface area (Å²) in [5, 5.41) is 14.8. The molecule has 1 fully saturated rings. The Bertz CT molecular complexity index is 1510. The van der Waals surface area contributed by atoms with Gasteiger partial charge in [-0.1, -0.05) is 24.3 Å². The number of rotatable bonds is 4. The molecular weight excluding hydrogens is 488 g/mol. The van der Waals surface area contributed by atoms with Crippen LogP contribution in [0.3, 0.4) is 0 Å². The number of hydrogen-bond donors (Lipinski definition) is 1. The van der Waals surface area contributed by atoms with Crippen LogP contribution in [0.5, 0.6) is 0 Å². The molecule has 0 bridgehead atoms. The molecule has 4 aromatic rings. The van der Waals surface area contributed by atoms with Gasteiger partial charge in [-0.3, -0.25) is 14.3 Å². The summed E-state index contributed by atoms with van der Waals surface area (Å²) in [6.07, 6.45) is -0.906. The summed E-state index contributed by atoms with van der Waals surface area (Å²) in [7, 11) is 1.82. The highest BCUT2D eigenvalue weighted by molar-refractivity contribution is 5.84. The largest absolute Gasteiger partial charge is 0.408 e. The van der Waals surface area contributed by atoms with Crippen LogP contribution in [0.15, 0.2) is 47.7 Å². The number of pyridine rings is 2. The lowest BCUT2D eigenvalue weighted by Gasteiger charge is -2.30. The second kappa shape index (κ2) is 8.73. The summed E-state index contributed by atoms with van der Waals surface area (Å²) in [6, 6.07) is 7.71. The van der Waals surface area contributed by atoms with E-state index in [-0.39, 0.29) is 42.0 Å². The summed E-state index contributed by atoms with van der Waals surface area (Å²) in [6.45, 7) is 0.975. The Morgan fingerprint density at radius 2 is 1.86 bits per heavy atom. The van der Waals surface area contributed by atoms with E-state index in [2.05, 4.69) is 20.3 Å².